The third-order valence-electron chi connectivity index (χ3n) is 4.75. The van der Waals surface area contributed by atoms with Gasteiger partial charge < -0.3 is 9.64 Å². The van der Waals surface area contributed by atoms with Crippen molar-refractivity contribution < 1.29 is 14.5 Å². The molecule has 0 N–H and O–H groups in total. The fraction of sp³-hybridized carbons (Fsp3) is 0.286. The molecular weight excluding hydrogens is 430 g/mol. The zero-order chi connectivity index (χ0) is 23.1. The van der Waals surface area contributed by atoms with Gasteiger partial charge in [0.25, 0.3) is 5.69 Å². The van der Waals surface area contributed by atoms with Gasteiger partial charge in [0.2, 0.25) is 0 Å². The van der Waals surface area contributed by atoms with Crippen LogP contribution in [0.3, 0.4) is 0 Å². The van der Waals surface area contributed by atoms with E-state index in [1.807, 2.05) is 22.0 Å². The van der Waals surface area contributed by atoms with Crippen LogP contribution in [0, 0.1) is 32.8 Å². The fourth-order valence-electron chi connectivity index (χ4n) is 3.17. The lowest BCUT2D eigenvalue weighted by molar-refractivity contribution is -0.384. The zero-order valence-electron chi connectivity index (χ0n) is 17.6. The number of fused-ring (bicyclic) bond motifs is 1. The smallest absolute Gasteiger partial charge is 0.446 e. The van der Waals surface area contributed by atoms with Crippen LogP contribution in [0.2, 0.25) is 0 Å². The van der Waals surface area contributed by atoms with Gasteiger partial charge in [0.05, 0.1) is 47.3 Å². The molecular formula is C21H20N7O3S+. The first-order valence-electron chi connectivity index (χ1n) is 9.64. The number of anilines is 1. The number of hydrogen-bond donors (Lipinski definition) is 0. The van der Waals surface area contributed by atoms with Crippen molar-refractivity contribution in [1.29, 1.82) is 10.5 Å². The fourth-order valence-corrected chi connectivity index (χ4v) is 4.02. The van der Waals surface area contributed by atoms with E-state index < -0.39 is 4.92 Å². The van der Waals surface area contributed by atoms with Crippen LogP contribution in [0.25, 0.3) is 10.9 Å². The Labute approximate surface area is 187 Å². The molecule has 32 heavy (non-hydrogen) atoms. The van der Waals surface area contributed by atoms with Crippen LogP contribution >= 0.6 is 11.5 Å². The summed E-state index contributed by atoms with van der Waals surface area (Å²) in [5.41, 5.74) is 2.12. The van der Waals surface area contributed by atoms with Crippen molar-refractivity contribution in [3.63, 3.8) is 0 Å². The number of nitro benzene ring substituents is 1. The quantitative estimate of drug-likeness (QED) is 0.222. The standard InChI is InChI=1S/C21H20N7O3S/c1-26-19-8-6-16(28(29)30)13-17(19)21(32-26)25-24-18-7-5-15(14-20(18)31-2)27(11-3-9-22)12-4-10-23/h5-8,13-14H,3-4,11-12H2,1-2H3/q+1. The molecule has 0 spiro atoms. The van der Waals surface area contributed by atoms with Crippen molar-refractivity contribution in [3.8, 4) is 17.9 Å². The Bertz CT molecular complexity index is 1320. The Hall–Kier alpha value is -4.18. The summed E-state index contributed by atoms with van der Waals surface area (Å²) in [6, 6.07) is 14.3. The van der Waals surface area contributed by atoms with Crippen LogP contribution in [-0.2, 0) is 7.05 Å². The topological polar surface area (TPSA) is 135 Å². The molecule has 0 aliphatic heterocycles. The predicted octanol–water partition coefficient (Wildman–Crippen LogP) is 3.68. The number of nitro groups is 1. The first-order chi connectivity index (χ1) is 15.5. The molecule has 3 rings (SSSR count). The maximum atomic E-state index is 11.1. The number of methoxy groups -OCH3 is 1. The minimum absolute atomic E-state index is 0.0101. The van der Waals surface area contributed by atoms with E-state index in [2.05, 4.69) is 22.0 Å². The lowest BCUT2D eigenvalue weighted by Crippen LogP contribution is -2.25. The Morgan fingerprint density at radius 3 is 2.56 bits per heavy atom. The van der Waals surface area contributed by atoms with Crippen molar-refractivity contribution in [2.45, 2.75) is 12.8 Å². The lowest BCUT2D eigenvalue weighted by Gasteiger charge is -2.23. The molecule has 0 bridgehead atoms. The molecule has 0 fully saturated rings. The molecule has 11 heteroatoms. The van der Waals surface area contributed by atoms with E-state index in [0.717, 1.165) is 11.2 Å². The monoisotopic (exact) mass is 450 g/mol. The second-order valence-electron chi connectivity index (χ2n) is 6.71. The summed E-state index contributed by atoms with van der Waals surface area (Å²) >= 11 is 1.33. The van der Waals surface area contributed by atoms with Crippen molar-refractivity contribution >= 4 is 39.5 Å². The predicted molar refractivity (Wildman–Crippen MR) is 119 cm³/mol. The average molecular weight is 451 g/mol. The van der Waals surface area contributed by atoms with E-state index in [9.17, 15) is 10.1 Å². The molecule has 1 heterocycles. The summed E-state index contributed by atoms with van der Waals surface area (Å²) in [7, 11) is 3.38. The summed E-state index contributed by atoms with van der Waals surface area (Å²) in [5, 5.41) is 33.9. The second-order valence-corrected chi connectivity index (χ2v) is 7.83. The molecule has 1 aromatic heterocycles. The first-order valence-corrected chi connectivity index (χ1v) is 10.4. The number of hydrogen-bond acceptors (Lipinski definition) is 8. The summed E-state index contributed by atoms with van der Waals surface area (Å²) in [4.78, 5) is 17.0. The molecule has 0 atom stereocenters. The highest BCUT2D eigenvalue weighted by atomic mass is 32.1. The highest BCUT2D eigenvalue weighted by molar-refractivity contribution is 7.04. The maximum absolute atomic E-state index is 11.1. The van der Waals surface area contributed by atoms with Gasteiger partial charge >= 0.3 is 4.67 Å². The van der Waals surface area contributed by atoms with Crippen LogP contribution in [0.15, 0.2) is 41.5 Å². The van der Waals surface area contributed by atoms with E-state index in [1.165, 1.54) is 30.8 Å². The molecule has 0 aliphatic carbocycles. The molecule has 0 aliphatic rings. The summed E-state index contributed by atoms with van der Waals surface area (Å²) in [6.45, 7) is 0.997. The van der Waals surface area contributed by atoms with Gasteiger partial charge in [-0.3, -0.25) is 14.1 Å². The largest absolute Gasteiger partial charge is 0.494 e. The van der Waals surface area contributed by atoms with Crippen molar-refractivity contribution in [3.05, 3.63) is 51.2 Å². The van der Waals surface area contributed by atoms with Crippen LogP contribution in [0.5, 0.6) is 5.75 Å². The highest BCUT2D eigenvalue weighted by Crippen LogP contribution is 2.32. The van der Waals surface area contributed by atoms with Crippen LogP contribution in [0.4, 0.5) is 17.1 Å². The molecule has 0 saturated heterocycles. The number of nitriles is 2. The van der Waals surface area contributed by atoms with Gasteiger partial charge in [0.15, 0.2) is 11.4 Å². The van der Waals surface area contributed by atoms with Crippen molar-refractivity contribution in [2.75, 3.05) is 25.1 Å². The molecule has 162 valence electrons. The van der Waals surface area contributed by atoms with E-state index in [1.54, 1.807) is 18.2 Å². The SMILES string of the molecule is COc1cc(N(CCC#N)CCC#N)ccc1N=[N+]=c1sn(C)c2ccc([N+](=O)[O-])cc12. The van der Waals surface area contributed by atoms with Crippen LogP contribution < -0.4 is 14.3 Å². The summed E-state index contributed by atoms with van der Waals surface area (Å²) in [5.74, 6) is 0.487. The van der Waals surface area contributed by atoms with E-state index in [0.29, 0.717) is 47.4 Å². The minimum Gasteiger partial charge on any atom is -0.494 e. The van der Waals surface area contributed by atoms with Gasteiger partial charge in [-0.2, -0.15) is 10.5 Å². The van der Waals surface area contributed by atoms with Gasteiger partial charge in [-0.15, -0.1) is 0 Å². The Balaban J connectivity index is 2.04. The summed E-state index contributed by atoms with van der Waals surface area (Å²) < 4.78 is 7.89. The van der Waals surface area contributed by atoms with Gasteiger partial charge in [0, 0.05) is 55.6 Å². The van der Waals surface area contributed by atoms with Gasteiger partial charge in [-0.25, -0.2) is 0 Å². The molecule has 3 aromatic rings. The summed E-state index contributed by atoms with van der Waals surface area (Å²) in [6.07, 6.45) is 0.674. The number of nitrogens with zero attached hydrogens (tertiary/aromatic N) is 7. The van der Waals surface area contributed by atoms with E-state index in [-0.39, 0.29) is 5.69 Å². The maximum Gasteiger partial charge on any atom is 0.446 e. The number of aromatic nitrogens is 1. The zero-order valence-corrected chi connectivity index (χ0v) is 18.4. The van der Waals surface area contributed by atoms with Crippen LogP contribution in [-0.4, -0.2) is 33.9 Å². The molecule has 0 amide bonds. The average Bonchev–Trinajstić information content (AvgIpc) is 3.12. The molecule has 0 unspecified atom stereocenters. The minimum atomic E-state index is -0.440. The Morgan fingerprint density at radius 2 is 1.94 bits per heavy atom. The lowest BCUT2D eigenvalue weighted by atomic mass is 10.2. The van der Waals surface area contributed by atoms with Gasteiger partial charge in [-0.05, 0) is 18.2 Å². The first kappa shape index (κ1) is 22.5. The molecule has 0 radical (unpaired) electrons. The second kappa shape index (κ2) is 10.2. The molecule has 2 aromatic carbocycles. The number of ether oxygens (including phenoxy) is 1. The number of benzene rings is 2. The van der Waals surface area contributed by atoms with E-state index >= 15 is 0 Å². The van der Waals surface area contributed by atoms with Gasteiger partial charge in [0.1, 0.15) is 10.5 Å². The number of non-ortho nitro benzene ring substituents is 1. The van der Waals surface area contributed by atoms with Crippen molar-refractivity contribution in [1.82, 2.24) is 3.96 Å². The highest BCUT2D eigenvalue weighted by Gasteiger charge is 2.17. The third kappa shape index (κ3) is 4.93. The molecule has 10 nitrogen and oxygen atoms in total. The Morgan fingerprint density at radius 1 is 1.22 bits per heavy atom. The van der Waals surface area contributed by atoms with Crippen LogP contribution in [0.1, 0.15) is 12.8 Å². The molecule has 0 saturated carbocycles. The number of aryl methyl sites for hydroxylation is 1. The normalized spacial score (nSPS) is 10.1. The van der Waals surface area contributed by atoms with E-state index in [4.69, 9.17) is 15.3 Å². The third-order valence-corrected chi connectivity index (χ3v) is 5.69. The Kier molecular flexibility index (Phi) is 7.19. The number of rotatable bonds is 8. The van der Waals surface area contributed by atoms with Gasteiger partial charge in [-0.1, -0.05) is 0 Å². The van der Waals surface area contributed by atoms with Crippen molar-refractivity contribution in [2.24, 2.45) is 12.2 Å².